The van der Waals surface area contributed by atoms with Gasteiger partial charge < -0.3 is 15.4 Å². The van der Waals surface area contributed by atoms with Gasteiger partial charge in [0.25, 0.3) is 0 Å². The van der Waals surface area contributed by atoms with E-state index in [-0.39, 0.29) is 30.0 Å². The molecule has 0 aromatic heterocycles. The molecule has 1 unspecified atom stereocenters. The van der Waals surface area contributed by atoms with Crippen LogP contribution in [0.4, 0.5) is 0 Å². The molecule has 23 heavy (non-hydrogen) atoms. The van der Waals surface area contributed by atoms with Crippen LogP contribution < -0.4 is 10.6 Å². The van der Waals surface area contributed by atoms with Gasteiger partial charge in [0, 0.05) is 17.6 Å². The summed E-state index contributed by atoms with van der Waals surface area (Å²) in [4.78, 5) is 4.58. The predicted molar refractivity (Wildman–Crippen MR) is 111 cm³/mol. The van der Waals surface area contributed by atoms with Crippen molar-refractivity contribution >= 4 is 45.9 Å². The zero-order valence-electron chi connectivity index (χ0n) is 13.8. The van der Waals surface area contributed by atoms with Crippen LogP contribution in [0.2, 0.25) is 0 Å². The Morgan fingerprint density at radius 2 is 2.13 bits per heavy atom. The summed E-state index contributed by atoms with van der Waals surface area (Å²) in [5.41, 5.74) is 1.22. The zero-order valence-corrected chi connectivity index (χ0v) is 17.8. The number of nitrogens with one attached hydrogen (secondary N) is 2. The second kappa shape index (κ2) is 11.3. The minimum absolute atomic E-state index is 0. The van der Waals surface area contributed by atoms with Crippen LogP contribution in [-0.2, 0) is 4.74 Å². The van der Waals surface area contributed by atoms with Crippen LogP contribution in [0.25, 0.3) is 0 Å². The first-order valence-electron chi connectivity index (χ1n) is 8.07. The lowest BCUT2D eigenvalue weighted by Gasteiger charge is -2.19. The van der Waals surface area contributed by atoms with E-state index in [0.717, 1.165) is 29.5 Å². The van der Waals surface area contributed by atoms with Crippen molar-refractivity contribution in [2.45, 2.75) is 32.7 Å². The number of hydrogen-bond acceptors (Lipinski definition) is 2. The summed E-state index contributed by atoms with van der Waals surface area (Å²) in [6, 6.07) is 8.43. The van der Waals surface area contributed by atoms with Crippen molar-refractivity contribution in [1.82, 2.24) is 10.6 Å². The van der Waals surface area contributed by atoms with E-state index in [2.05, 4.69) is 57.5 Å². The van der Waals surface area contributed by atoms with Gasteiger partial charge in [-0.15, -0.1) is 24.0 Å². The number of aliphatic imine (C=N–C) groups is 1. The SMILES string of the molecule is CCNC(=NCCOCC1CC1)NC(C)c1ccccc1Br.I. The molecular weight excluding hydrogens is 469 g/mol. The van der Waals surface area contributed by atoms with E-state index in [0.29, 0.717) is 13.2 Å². The zero-order chi connectivity index (χ0) is 15.8. The van der Waals surface area contributed by atoms with Gasteiger partial charge in [0.15, 0.2) is 5.96 Å². The number of hydrogen-bond donors (Lipinski definition) is 2. The van der Waals surface area contributed by atoms with Crippen LogP contribution in [-0.4, -0.2) is 32.3 Å². The van der Waals surface area contributed by atoms with E-state index < -0.39 is 0 Å². The highest BCUT2D eigenvalue weighted by atomic mass is 127. The minimum Gasteiger partial charge on any atom is -0.379 e. The number of benzene rings is 1. The summed E-state index contributed by atoms with van der Waals surface area (Å²) in [6.07, 6.45) is 2.66. The molecular formula is C17H27BrIN3O. The molecule has 1 aliphatic carbocycles. The second-order valence-corrected chi connectivity index (χ2v) is 6.52. The van der Waals surface area contributed by atoms with Crippen molar-refractivity contribution in [3.8, 4) is 0 Å². The average molecular weight is 496 g/mol. The van der Waals surface area contributed by atoms with Gasteiger partial charge in [-0.3, -0.25) is 4.99 Å². The molecule has 130 valence electrons. The molecule has 4 nitrogen and oxygen atoms in total. The molecule has 1 saturated carbocycles. The van der Waals surface area contributed by atoms with E-state index in [4.69, 9.17) is 4.74 Å². The first-order valence-corrected chi connectivity index (χ1v) is 8.87. The third kappa shape index (κ3) is 7.85. The van der Waals surface area contributed by atoms with Crippen molar-refractivity contribution in [2.24, 2.45) is 10.9 Å². The molecule has 2 rings (SSSR count). The Balaban J connectivity index is 0.00000264. The first-order chi connectivity index (χ1) is 10.7. The normalized spacial score (nSPS) is 15.7. The molecule has 0 saturated heterocycles. The number of nitrogens with zero attached hydrogens (tertiary/aromatic N) is 1. The van der Waals surface area contributed by atoms with Gasteiger partial charge >= 0.3 is 0 Å². The molecule has 1 aliphatic rings. The fourth-order valence-electron chi connectivity index (χ4n) is 2.19. The highest BCUT2D eigenvalue weighted by molar-refractivity contribution is 14.0. The quantitative estimate of drug-likeness (QED) is 0.247. The molecule has 0 aliphatic heterocycles. The number of guanidine groups is 1. The Hall–Kier alpha value is -0.340. The summed E-state index contributed by atoms with van der Waals surface area (Å²) in [5.74, 6) is 1.64. The summed E-state index contributed by atoms with van der Waals surface area (Å²) in [5, 5.41) is 6.72. The summed E-state index contributed by atoms with van der Waals surface area (Å²) in [7, 11) is 0. The van der Waals surface area contributed by atoms with E-state index in [9.17, 15) is 0 Å². The van der Waals surface area contributed by atoms with Crippen molar-refractivity contribution in [3.63, 3.8) is 0 Å². The summed E-state index contributed by atoms with van der Waals surface area (Å²) in [6.45, 7) is 7.33. The molecule has 1 aromatic carbocycles. The van der Waals surface area contributed by atoms with E-state index in [1.807, 2.05) is 12.1 Å². The first kappa shape index (κ1) is 20.7. The second-order valence-electron chi connectivity index (χ2n) is 5.67. The highest BCUT2D eigenvalue weighted by Gasteiger charge is 2.20. The fourth-order valence-corrected chi connectivity index (χ4v) is 2.81. The van der Waals surface area contributed by atoms with Crippen LogP contribution in [0.15, 0.2) is 33.7 Å². The van der Waals surface area contributed by atoms with Gasteiger partial charge in [-0.05, 0) is 44.2 Å². The molecule has 0 radical (unpaired) electrons. The third-order valence-corrected chi connectivity index (χ3v) is 4.35. The lowest BCUT2D eigenvalue weighted by molar-refractivity contribution is 0.131. The highest BCUT2D eigenvalue weighted by Crippen LogP contribution is 2.28. The monoisotopic (exact) mass is 495 g/mol. The van der Waals surface area contributed by atoms with Gasteiger partial charge in [-0.2, -0.15) is 0 Å². The van der Waals surface area contributed by atoms with Gasteiger partial charge in [0.2, 0.25) is 0 Å². The van der Waals surface area contributed by atoms with Crippen molar-refractivity contribution in [3.05, 3.63) is 34.3 Å². The van der Waals surface area contributed by atoms with Crippen LogP contribution in [0.3, 0.4) is 0 Å². The fraction of sp³-hybridized carbons (Fsp3) is 0.588. The maximum absolute atomic E-state index is 5.62. The Morgan fingerprint density at radius 1 is 1.39 bits per heavy atom. The molecule has 2 N–H and O–H groups in total. The number of ether oxygens (including phenoxy) is 1. The van der Waals surface area contributed by atoms with Crippen molar-refractivity contribution in [1.29, 1.82) is 0 Å². The third-order valence-electron chi connectivity index (χ3n) is 3.63. The Morgan fingerprint density at radius 3 is 2.78 bits per heavy atom. The van der Waals surface area contributed by atoms with Crippen LogP contribution >= 0.6 is 39.9 Å². The summed E-state index contributed by atoms with van der Waals surface area (Å²) < 4.78 is 6.73. The molecule has 1 aromatic rings. The molecule has 0 heterocycles. The van der Waals surface area contributed by atoms with E-state index in [1.165, 1.54) is 18.4 Å². The van der Waals surface area contributed by atoms with Gasteiger partial charge in [0.1, 0.15) is 0 Å². The average Bonchev–Trinajstić information content (AvgIpc) is 3.31. The van der Waals surface area contributed by atoms with Crippen LogP contribution in [0, 0.1) is 5.92 Å². The van der Waals surface area contributed by atoms with Gasteiger partial charge in [-0.25, -0.2) is 0 Å². The minimum atomic E-state index is 0. The van der Waals surface area contributed by atoms with Gasteiger partial charge in [0.05, 0.1) is 19.2 Å². The number of rotatable bonds is 8. The Kier molecular flexibility index (Phi) is 10.1. The standard InChI is InChI=1S/C17H26BrN3O.HI/c1-3-19-17(20-10-11-22-12-14-8-9-14)21-13(2)15-6-4-5-7-16(15)18;/h4-7,13-14H,3,8-12H2,1-2H3,(H2,19,20,21);1H. The van der Waals surface area contributed by atoms with Gasteiger partial charge in [-0.1, -0.05) is 34.1 Å². The lowest BCUT2D eigenvalue weighted by Crippen LogP contribution is -2.39. The molecule has 0 amide bonds. The smallest absolute Gasteiger partial charge is 0.191 e. The Bertz CT molecular complexity index is 494. The summed E-state index contributed by atoms with van der Waals surface area (Å²) >= 11 is 3.60. The number of halogens is 2. The molecule has 1 fully saturated rings. The van der Waals surface area contributed by atoms with Crippen molar-refractivity contribution < 1.29 is 4.74 Å². The van der Waals surface area contributed by atoms with Crippen LogP contribution in [0.5, 0.6) is 0 Å². The predicted octanol–water partition coefficient (Wildman–Crippen LogP) is 4.11. The maximum atomic E-state index is 5.62. The van der Waals surface area contributed by atoms with E-state index in [1.54, 1.807) is 0 Å². The maximum Gasteiger partial charge on any atom is 0.191 e. The molecule has 0 bridgehead atoms. The molecule has 1 atom stereocenters. The molecule has 6 heteroatoms. The molecule has 0 spiro atoms. The van der Waals surface area contributed by atoms with Crippen molar-refractivity contribution in [2.75, 3.05) is 26.3 Å². The largest absolute Gasteiger partial charge is 0.379 e. The lowest BCUT2D eigenvalue weighted by atomic mass is 10.1. The topological polar surface area (TPSA) is 45.7 Å². The Labute approximate surface area is 165 Å². The van der Waals surface area contributed by atoms with E-state index >= 15 is 0 Å². The van der Waals surface area contributed by atoms with Crippen LogP contribution in [0.1, 0.15) is 38.3 Å².